The Balaban J connectivity index is 1.61. The molecule has 1 fully saturated rings. The van der Waals surface area contributed by atoms with E-state index in [1.807, 2.05) is 37.3 Å². The zero-order valence-corrected chi connectivity index (χ0v) is 14.1. The van der Waals surface area contributed by atoms with Gasteiger partial charge in [-0.15, -0.1) is 15.0 Å². The fraction of sp³-hybridized carbons (Fsp3) is 0.250. The maximum atomic E-state index is 9.47. The van der Waals surface area contributed by atoms with Crippen LogP contribution in [-0.2, 0) is 0 Å². The van der Waals surface area contributed by atoms with Crippen LogP contribution in [-0.4, -0.2) is 28.1 Å². The van der Waals surface area contributed by atoms with E-state index in [-0.39, 0.29) is 0 Å². The van der Waals surface area contributed by atoms with Crippen LogP contribution in [0.4, 0.5) is 5.82 Å². The van der Waals surface area contributed by atoms with E-state index in [1.165, 1.54) is 11.1 Å². The normalized spacial score (nSPS) is 16.8. The molecule has 1 aliphatic heterocycles. The van der Waals surface area contributed by atoms with Crippen LogP contribution >= 0.6 is 0 Å². The lowest BCUT2D eigenvalue weighted by atomic mass is 9.99. The van der Waals surface area contributed by atoms with Crippen LogP contribution in [0, 0.1) is 18.3 Å². The smallest absolute Gasteiger partial charge is 0.207 e. The first-order chi connectivity index (χ1) is 12.2. The van der Waals surface area contributed by atoms with Crippen LogP contribution in [0.3, 0.4) is 0 Å². The number of rotatable bonds is 3. The largest absolute Gasteiger partial charge is 0.352 e. The molecule has 1 aliphatic rings. The summed E-state index contributed by atoms with van der Waals surface area (Å²) < 4.78 is 0. The Labute approximate surface area is 147 Å². The van der Waals surface area contributed by atoms with Crippen molar-refractivity contribution >= 4 is 5.82 Å². The molecule has 1 aromatic heterocycles. The molecule has 0 unspecified atom stereocenters. The van der Waals surface area contributed by atoms with E-state index in [1.54, 1.807) is 4.80 Å². The van der Waals surface area contributed by atoms with Gasteiger partial charge in [-0.1, -0.05) is 48.0 Å². The molecule has 1 saturated heterocycles. The standard InChI is InChI=1S/C20H19N5/c1-15-7-9-18(10-8-15)25-22-19(13-21)20(23-25)24-12-11-17(14-24)16-5-3-2-4-6-16/h2-10,17H,11-12,14H2,1H3/t17-/m1/s1. The Morgan fingerprint density at radius 2 is 1.80 bits per heavy atom. The summed E-state index contributed by atoms with van der Waals surface area (Å²) in [7, 11) is 0. The summed E-state index contributed by atoms with van der Waals surface area (Å²) in [6, 6.07) is 20.7. The lowest BCUT2D eigenvalue weighted by Gasteiger charge is -2.15. The summed E-state index contributed by atoms with van der Waals surface area (Å²) in [5.74, 6) is 1.15. The molecule has 124 valence electrons. The highest BCUT2D eigenvalue weighted by atomic mass is 15.5. The minimum absolute atomic E-state index is 0.384. The third-order valence-corrected chi connectivity index (χ3v) is 4.73. The van der Waals surface area contributed by atoms with Crippen molar-refractivity contribution in [1.29, 1.82) is 5.26 Å². The van der Waals surface area contributed by atoms with E-state index < -0.39 is 0 Å². The Hall–Kier alpha value is -3.13. The molecule has 5 heteroatoms. The molecule has 0 amide bonds. The van der Waals surface area contributed by atoms with Gasteiger partial charge in [-0.3, -0.25) is 0 Å². The minimum atomic E-state index is 0.384. The van der Waals surface area contributed by atoms with E-state index in [9.17, 15) is 5.26 Å². The van der Waals surface area contributed by atoms with Gasteiger partial charge < -0.3 is 4.90 Å². The van der Waals surface area contributed by atoms with Gasteiger partial charge in [-0.25, -0.2) is 0 Å². The third-order valence-electron chi connectivity index (χ3n) is 4.73. The average molecular weight is 329 g/mol. The molecule has 0 spiro atoms. The predicted octanol–water partition coefficient (Wildman–Crippen LogP) is 3.44. The lowest BCUT2D eigenvalue weighted by Crippen LogP contribution is -2.20. The van der Waals surface area contributed by atoms with E-state index in [0.717, 1.165) is 25.2 Å². The number of nitriles is 1. The maximum Gasteiger partial charge on any atom is 0.207 e. The topological polar surface area (TPSA) is 57.7 Å². The van der Waals surface area contributed by atoms with E-state index in [2.05, 4.69) is 45.4 Å². The lowest BCUT2D eigenvalue weighted by molar-refractivity contribution is 0.741. The summed E-state index contributed by atoms with van der Waals surface area (Å²) in [4.78, 5) is 3.73. The van der Waals surface area contributed by atoms with E-state index >= 15 is 0 Å². The van der Waals surface area contributed by atoms with Crippen LogP contribution in [0.2, 0.25) is 0 Å². The minimum Gasteiger partial charge on any atom is -0.352 e. The number of benzene rings is 2. The number of aromatic nitrogens is 3. The van der Waals surface area contributed by atoms with Crippen molar-refractivity contribution < 1.29 is 0 Å². The summed E-state index contributed by atoms with van der Waals surface area (Å²) in [6.07, 6.45) is 1.06. The number of nitrogens with zero attached hydrogens (tertiary/aromatic N) is 5. The van der Waals surface area contributed by atoms with E-state index in [0.29, 0.717) is 17.4 Å². The first kappa shape index (κ1) is 15.4. The maximum absolute atomic E-state index is 9.47. The Bertz CT molecular complexity index is 906. The number of aryl methyl sites for hydroxylation is 1. The number of hydrogen-bond donors (Lipinski definition) is 0. The summed E-state index contributed by atoms with van der Waals surface area (Å²) >= 11 is 0. The molecule has 0 saturated carbocycles. The van der Waals surface area contributed by atoms with Crippen molar-refractivity contribution in [2.75, 3.05) is 18.0 Å². The Morgan fingerprint density at radius 1 is 1.04 bits per heavy atom. The van der Waals surface area contributed by atoms with Crippen LogP contribution in [0.1, 0.15) is 29.2 Å². The van der Waals surface area contributed by atoms with Gasteiger partial charge in [0.05, 0.1) is 5.69 Å². The second-order valence-corrected chi connectivity index (χ2v) is 6.45. The molecule has 2 aromatic carbocycles. The molecule has 0 aliphatic carbocycles. The highest BCUT2D eigenvalue weighted by Gasteiger charge is 2.28. The van der Waals surface area contributed by atoms with Gasteiger partial charge in [0.25, 0.3) is 0 Å². The summed E-state index contributed by atoms with van der Waals surface area (Å²) in [5, 5.41) is 18.4. The van der Waals surface area contributed by atoms with Gasteiger partial charge in [-0.05, 0) is 31.0 Å². The number of hydrogen-bond acceptors (Lipinski definition) is 4. The quantitative estimate of drug-likeness (QED) is 0.738. The van der Waals surface area contributed by atoms with Crippen molar-refractivity contribution in [3.8, 4) is 11.8 Å². The molecule has 2 heterocycles. The molecule has 1 atom stereocenters. The van der Waals surface area contributed by atoms with Crippen molar-refractivity contribution in [2.45, 2.75) is 19.3 Å². The molecule has 0 N–H and O–H groups in total. The molecule has 3 aromatic rings. The van der Waals surface area contributed by atoms with Gasteiger partial charge in [0.15, 0.2) is 5.82 Å². The Morgan fingerprint density at radius 3 is 2.52 bits per heavy atom. The summed E-state index contributed by atoms with van der Waals surface area (Å²) in [5.41, 5.74) is 3.78. The second-order valence-electron chi connectivity index (χ2n) is 6.45. The van der Waals surface area contributed by atoms with Crippen LogP contribution in [0.5, 0.6) is 0 Å². The monoisotopic (exact) mass is 329 g/mol. The first-order valence-corrected chi connectivity index (χ1v) is 8.49. The molecule has 0 bridgehead atoms. The van der Waals surface area contributed by atoms with Gasteiger partial charge in [0, 0.05) is 19.0 Å². The van der Waals surface area contributed by atoms with Gasteiger partial charge in [0.1, 0.15) is 6.07 Å². The predicted molar refractivity (Wildman–Crippen MR) is 96.8 cm³/mol. The van der Waals surface area contributed by atoms with Crippen LogP contribution in [0.15, 0.2) is 54.6 Å². The zero-order valence-electron chi connectivity index (χ0n) is 14.1. The second kappa shape index (κ2) is 6.40. The molecular formula is C20H19N5. The van der Waals surface area contributed by atoms with Crippen molar-refractivity contribution in [3.05, 3.63) is 71.4 Å². The van der Waals surface area contributed by atoms with E-state index in [4.69, 9.17) is 0 Å². The highest BCUT2D eigenvalue weighted by molar-refractivity contribution is 5.52. The van der Waals surface area contributed by atoms with Crippen LogP contribution in [0.25, 0.3) is 5.69 Å². The fourth-order valence-corrected chi connectivity index (χ4v) is 3.33. The summed E-state index contributed by atoms with van der Waals surface area (Å²) in [6.45, 7) is 3.80. The molecular weight excluding hydrogens is 310 g/mol. The van der Waals surface area contributed by atoms with Gasteiger partial charge in [-0.2, -0.15) is 5.26 Å². The van der Waals surface area contributed by atoms with Gasteiger partial charge >= 0.3 is 0 Å². The van der Waals surface area contributed by atoms with Crippen LogP contribution < -0.4 is 4.90 Å². The SMILES string of the molecule is Cc1ccc(-n2nc(C#N)c(N3CC[C@@H](c4ccccc4)C3)n2)cc1. The van der Waals surface area contributed by atoms with Crippen molar-refractivity contribution in [2.24, 2.45) is 0 Å². The Kier molecular flexibility index (Phi) is 3.95. The number of anilines is 1. The molecule has 5 nitrogen and oxygen atoms in total. The fourth-order valence-electron chi connectivity index (χ4n) is 3.33. The molecule has 4 rings (SSSR count). The van der Waals surface area contributed by atoms with Gasteiger partial charge in [0.2, 0.25) is 5.69 Å². The average Bonchev–Trinajstić information content (AvgIpc) is 3.30. The first-order valence-electron chi connectivity index (χ1n) is 8.49. The highest BCUT2D eigenvalue weighted by Crippen LogP contribution is 2.31. The van der Waals surface area contributed by atoms with Crippen molar-refractivity contribution in [3.63, 3.8) is 0 Å². The zero-order chi connectivity index (χ0) is 17.2. The van der Waals surface area contributed by atoms with Crippen molar-refractivity contribution in [1.82, 2.24) is 15.0 Å². The third kappa shape index (κ3) is 2.99. The molecule has 0 radical (unpaired) electrons. The molecule has 25 heavy (non-hydrogen) atoms.